The Balaban J connectivity index is 1.99. The predicted molar refractivity (Wildman–Crippen MR) is 89.3 cm³/mol. The van der Waals surface area contributed by atoms with Crippen LogP contribution in [0, 0.1) is 0 Å². The Hall–Kier alpha value is -2.69. The van der Waals surface area contributed by atoms with Gasteiger partial charge in [0.15, 0.2) is 6.10 Å². The Labute approximate surface area is 136 Å². The van der Waals surface area contributed by atoms with Crippen molar-refractivity contribution in [2.24, 2.45) is 0 Å². The number of ether oxygens (including phenoxy) is 3. The van der Waals surface area contributed by atoms with Gasteiger partial charge >= 0.3 is 0 Å². The summed E-state index contributed by atoms with van der Waals surface area (Å²) in [7, 11) is 3.20. The highest BCUT2D eigenvalue weighted by Crippen LogP contribution is 2.20. The van der Waals surface area contributed by atoms with E-state index in [1.54, 1.807) is 62.8 Å². The SMILES string of the molecule is CC[C@H](Oc1ccc(OC)cc1)C(=O)Nc1ccc(OC)cc1. The van der Waals surface area contributed by atoms with Crippen molar-refractivity contribution >= 4 is 11.6 Å². The fraction of sp³-hybridized carbons (Fsp3) is 0.278. The smallest absolute Gasteiger partial charge is 0.265 e. The first-order valence-corrected chi connectivity index (χ1v) is 7.42. The van der Waals surface area contributed by atoms with Crippen molar-refractivity contribution in [3.63, 3.8) is 0 Å². The van der Waals surface area contributed by atoms with Gasteiger partial charge in [-0.3, -0.25) is 4.79 Å². The monoisotopic (exact) mass is 315 g/mol. The Bertz CT molecular complexity index is 622. The second-order valence-corrected chi connectivity index (χ2v) is 4.91. The largest absolute Gasteiger partial charge is 0.497 e. The van der Waals surface area contributed by atoms with E-state index in [0.717, 1.165) is 11.5 Å². The van der Waals surface area contributed by atoms with Gasteiger partial charge in [-0.15, -0.1) is 0 Å². The molecule has 0 spiro atoms. The van der Waals surface area contributed by atoms with Crippen molar-refractivity contribution in [2.75, 3.05) is 19.5 Å². The number of benzene rings is 2. The summed E-state index contributed by atoms with van der Waals surface area (Å²) in [6, 6.07) is 14.3. The summed E-state index contributed by atoms with van der Waals surface area (Å²) >= 11 is 0. The summed E-state index contributed by atoms with van der Waals surface area (Å²) in [5.41, 5.74) is 0.701. The molecule has 2 aromatic carbocycles. The summed E-state index contributed by atoms with van der Waals surface area (Å²) in [6.07, 6.45) is -0.000846. The van der Waals surface area contributed by atoms with Crippen LogP contribution in [0.1, 0.15) is 13.3 Å². The number of hydrogen-bond acceptors (Lipinski definition) is 4. The average Bonchev–Trinajstić information content (AvgIpc) is 2.60. The highest BCUT2D eigenvalue weighted by molar-refractivity contribution is 5.94. The number of hydrogen-bond donors (Lipinski definition) is 1. The minimum atomic E-state index is -0.564. The quantitative estimate of drug-likeness (QED) is 0.849. The molecule has 122 valence electrons. The molecule has 2 aromatic rings. The Morgan fingerprint density at radius 3 is 1.87 bits per heavy atom. The van der Waals surface area contributed by atoms with E-state index in [2.05, 4.69) is 5.32 Å². The van der Waals surface area contributed by atoms with Gasteiger partial charge in [0.05, 0.1) is 14.2 Å². The van der Waals surface area contributed by atoms with E-state index in [4.69, 9.17) is 14.2 Å². The summed E-state index contributed by atoms with van der Waals surface area (Å²) in [4.78, 5) is 12.3. The van der Waals surface area contributed by atoms with Crippen LogP contribution in [0.5, 0.6) is 17.2 Å². The molecule has 0 bridgehead atoms. The molecule has 0 heterocycles. The van der Waals surface area contributed by atoms with Crippen molar-refractivity contribution in [3.8, 4) is 17.2 Å². The lowest BCUT2D eigenvalue weighted by Crippen LogP contribution is -2.32. The topological polar surface area (TPSA) is 56.8 Å². The van der Waals surface area contributed by atoms with Crippen molar-refractivity contribution in [1.82, 2.24) is 0 Å². The first-order chi connectivity index (χ1) is 11.2. The fourth-order valence-electron chi connectivity index (χ4n) is 2.04. The number of amides is 1. The van der Waals surface area contributed by atoms with E-state index >= 15 is 0 Å². The van der Waals surface area contributed by atoms with Crippen molar-refractivity contribution in [2.45, 2.75) is 19.4 Å². The number of nitrogens with one attached hydrogen (secondary N) is 1. The van der Waals surface area contributed by atoms with Gasteiger partial charge in [-0.25, -0.2) is 0 Å². The Kier molecular flexibility index (Phi) is 5.86. The molecule has 5 heteroatoms. The van der Waals surface area contributed by atoms with Crippen LogP contribution in [0.15, 0.2) is 48.5 Å². The van der Waals surface area contributed by atoms with Crippen molar-refractivity contribution < 1.29 is 19.0 Å². The summed E-state index contributed by atoms with van der Waals surface area (Å²) < 4.78 is 15.9. The molecule has 0 aliphatic carbocycles. The number of methoxy groups -OCH3 is 2. The van der Waals surface area contributed by atoms with E-state index in [1.807, 2.05) is 6.92 Å². The van der Waals surface area contributed by atoms with Crippen LogP contribution in [-0.2, 0) is 4.79 Å². The number of rotatable bonds is 7. The maximum atomic E-state index is 12.3. The molecule has 2 rings (SSSR count). The average molecular weight is 315 g/mol. The zero-order valence-corrected chi connectivity index (χ0v) is 13.5. The Morgan fingerprint density at radius 1 is 0.913 bits per heavy atom. The molecule has 0 aromatic heterocycles. The van der Waals surface area contributed by atoms with E-state index < -0.39 is 6.10 Å². The van der Waals surface area contributed by atoms with Crippen molar-refractivity contribution in [3.05, 3.63) is 48.5 Å². The van der Waals surface area contributed by atoms with Gasteiger partial charge in [-0.05, 0) is 55.0 Å². The summed E-state index contributed by atoms with van der Waals surface area (Å²) in [5.74, 6) is 1.92. The minimum absolute atomic E-state index is 0.187. The van der Waals surface area contributed by atoms with Crippen LogP contribution in [-0.4, -0.2) is 26.2 Å². The third-order valence-electron chi connectivity index (χ3n) is 3.36. The van der Waals surface area contributed by atoms with Gasteiger partial charge in [0.1, 0.15) is 17.2 Å². The lowest BCUT2D eigenvalue weighted by Gasteiger charge is -2.17. The third kappa shape index (κ3) is 4.64. The van der Waals surface area contributed by atoms with Crippen LogP contribution in [0.25, 0.3) is 0 Å². The second-order valence-electron chi connectivity index (χ2n) is 4.91. The highest BCUT2D eigenvalue weighted by atomic mass is 16.5. The fourth-order valence-corrected chi connectivity index (χ4v) is 2.04. The van der Waals surface area contributed by atoms with Crippen LogP contribution in [0.2, 0.25) is 0 Å². The van der Waals surface area contributed by atoms with Gasteiger partial charge in [-0.1, -0.05) is 6.92 Å². The molecule has 0 radical (unpaired) electrons. The molecule has 23 heavy (non-hydrogen) atoms. The molecule has 1 atom stereocenters. The molecule has 0 aliphatic heterocycles. The molecule has 0 saturated heterocycles. The minimum Gasteiger partial charge on any atom is -0.497 e. The zero-order valence-electron chi connectivity index (χ0n) is 13.5. The molecular weight excluding hydrogens is 294 g/mol. The molecule has 0 unspecified atom stereocenters. The number of carbonyl (C=O) groups excluding carboxylic acids is 1. The number of carbonyl (C=O) groups is 1. The van der Waals surface area contributed by atoms with Gasteiger partial charge < -0.3 is 19.5 Å². The zero-order chi connectivity index (χ0) is 16.7. The van der Waals surface area contributed by atoms with E-state index in [9.17, 15) is 4.79 Å². The van der Waals surface area contributed by atoms with Crippen LogP contribution in [0.4, 0.5) is 5.69 Å². The second kappa shape index (κ2) is 8.08. The standard InChI is InChI=1S/C18H21NO4/c1-4-17(23-16-11-9-15(22-3)10-12-16)18(20)19-13-5-7-14(21-2)8-6-13/h5-12,17H,4H2,1-3H3,(H,19,20)/t17-/m0/s1. The first kappa shape index (κ1) is 16.7. The third-order valence-corrected chi connectivity index (χ3v) is 3.36. The van der Waals surface area contributed by atoms with Gasteiger partial charge in [0.2, 0.25) is 0 Å². The molecular formula is C18H21NO4. The van der Waals surface area contributed by atoms with Crippen LogP contribution in [0.3, 0.4) is 0 Å². The molecule has 0 aliphatic rings. The number of anilines is 1. The summed E-state index contributed by atoms with van der Waals surface area (Å²) in [6.45, 7) is 1.90. The van der Waals surface area contributed by atoms with E-state index in [-0.39, 0.29) is 5.91 Å². The molecule has 5 nitrogen and oxygen atoms in total. The van der Waals surface area contributed by atoms with Crippen molar-refractivity contribution in [1.29, 1.82) is 0 Å². The van der Waals surface area contributed by atoms with Gasteiger partial charge in [0.25, 0.3) is 5.91 Å². The molecule has 0 saturated carbocycles. The van der Waals surface area contributed by atoms with Crippen LogP contribution < -0.4 is 19.5 Å². The van der Waals surface area contributed by atoms with Gasteiger partial charge in [-0.2, -0.15) is 0 Å². The Morgan fingerprint density at radius 2 is 1.39 bits per heavy atom. The molecule has 1 N–H and O–H groups in total. The lowest BCUT2D eigenvalue weighted by atomic mass is 10.2. The first-order valence-electron chi connectivity index (χ1n) is 7.42. The molecule has 1 amide bonds. The predicted octanol–water partition coefficient (Wildman–Crippen LogP) is 3.50. The molecule has 0 fully saturated rings. The van der Waals surface area contributed by atoms with E-state index in [1.165, 1.54) is 0 Å². The van der Waals surface area contributed by atoms with E-state index in [0.29, 0.717) is 17.9 Å². The maximum absolute atomic E-state index is 12.3. The normalized spacial score (nSPS) is 11.4. The maximum Gasteiger partial charge on any atom is 0.265 e. The lowest BCUT2D eigenvalue weighted by molar-refractivity contribution is -0.122. The highest BCUT2D eigenvalue weighted by Gasteiger charge is 2.18. The van der Waals surface area contributed by atoms with Crippen LogP contribution >= 0.6 is 0 Å². The summed E-state index contributed by atoms with van der Waals surface area (Å²) in [5, 5.41) is 2.84. The van der Waals surface area contributed by atoms with Gasteiger partial charge in [0, 0.05) is 5.69 Å².